The summed E-state index contributed by atoms with van der Waals surface area (Å²) < 4.78 is 2.11. The Morgan fingerprint density at radius 3 is 2.61 bits per heavy atom. The minimum atomic E-state index is -0.398. The van der Waals surface area contributed by atoms with Gasteiger partial charge in [-0.05, 0) is 42.3 Å². The van der Waals surface area contributed by atoms with Crippen LogP contribution in [0.1, 0.15) is 16.7 Å². The van der Waals surface area contributed by atoms with Gasteiger partial charge in [0.2, 0.25) is 0 Å². The van der Waals surface area contributed by atoms with Gasteiger partial charge in [0.05, 0.1) is 16.3 Å². The Bertz CT molecular complexity index is 1280. The second-order valence-electron chi connectivity index (χ2n) is 7.12. The Kier molecular flexibility index (Phi) is 6.26. The maximum absolute atomic E-state index is 12.2. The number of urea groups is 1. The largest absolute Gasteiger partial charge is 0.342 e. The number of anilines is 1. The number of aryl methyl sites for hydroxylation is 1. The minimum absolute atomic E-state index is 0.398. The second kappa shape index (κ2) is 9.25. The molecule has 4 aromatic rings. The molecule has 0 unspecified atom stereocenters. The van der Waals surface area contributed by atoms with Crippen molar-refractivity contribution in [2.45, 2.75) is 13.5 Å². The maximum Gasteiger partial charge on any atom is 0.339 e. The number of halogens is 2. The van der Waals surface area contributed by atoms with Crippen LogP contribution < -0.4 is 10.7 Å². The van der Waals surface area contributed by atoms with Crippen LogP contribution in [0.3, 0.4) is 0 Å². The summed E-state index contributed by atoms with van der Waals surface area (Å²) in [6, 6.07) is 20.8. The number of para-hydroxylation sites is 2. The highest BCUT2D eigenvalue weighted by Crippen LogP contribution is 2.25. The van der Waals surface area contributed by atoms with Crippen molar-refractivity contribution >= 4 is 52.0 Å². The first kappa shape index (κ1) is 21.0. The van der Waals surface area contributed by atoms with E-state index in [-0.39, 0.29) is 0 Å². The third-order valence-electron chi connectivity index (χ3n) is 4.92. The van der Waals surface area contributed by atoms with Gasteiger partial charge in [0.15, 0.2) is 0 Å². The molecule has 0 aliphatic rings. The summed E-state index contributed by atoms with van der Waals surface area (Å²) in [6.07, 6.45) is 3.64. The number of hydrogen-bond acceptors (Lipinski definition) is 2. The molecule has 0 saturated carbocycles. The van der Waals surface area contributed by atoms with Crippen LogP contribution in [-0.2, 0) is 6.54 Å². The fourth-order valence-electron chi connectivity index (χ4n) is 3.37. The van der Waals surface area contributed by atoms with E-state index in [9.17, 15) is 4.79 Å². The predicted octanol–water partition coefficient (Wildman–Crippen LogP) is 6.46. The number of hydrazone groups is 1. The molecule has 2 amide bonds. The molecule has 5 nitrogen and oxygen atoms in total. The molecule has 0 fully saturated rings. The van der Waals surface area contributed by atoms with Gasteiger partial charge in [-0.2, -0.15) is 5.10 Å². The quantitative estimate of drug-likeness (QED) is 0.266. The van der Waals surface area contributed by atoms with Crippen molar-refractivity contribution in [3.63, 3.8) is 0 Å². The fourth-order valence-corrected chi connectivity index (χ4v) is 3.69. The van der Waals surface area contributed by atoms with Gasteiger partial charge in [-0.3, -0.25) is 0 Å². The molecule has 156 valence electrons. The summed E-state index contributed by atoms with van der Waals surface area (Å²) >= 11 is 12.2. The highest BCUT2D eigenvalue weighted by molar-refractivity contribution is 6.42. The number of hydrogen-bond donors (Lipinski definition) is 2. The summed E-state index contributed by atoms with van der Waals surface area (Å²) in [7, 11) is 0. The number of nitrogens with zero attached hydrogens (tertiary/aromatic N) is 2. The number of benzene rings is 3. The topological polar surface area (TPSA) is 58.4 Å². The molecule has 3 aromatic carbocycles. The van der Waals surface area contributed by atoms with Crippen LogP contribution in [0.4, 0.5) is 10.5 Å². The summed E-state index contributed by atoms with van der Waals surface area (Å²) in [6.45, 7) is 2.56. The molecular formula is C24H20Cl2N4O. The molecule has 4 rings (SSSR count). The highest BCUT2D eigenvalue weighted by Gasteiger charge is 2.09. The van der Waals surface area contributed by atoms with Crippen LogP contribution >= 0.6 is 23.2 Å². The molecule has 0 saturated heterocycles. The van der Waals surface area contributed by atoms with Crippen molar-refractivity contribution in [1.82, 2.24) is 9.99 Å². The lowest BCUT2D eigenvalue weighted by Crippen LogP contribution is -2.24. The van der Waals surface area contributed by atoms with Crippen molar-refractivity contribution in [2.24, 2.45) is 5.10 Å². The van der Waals surface area contributed by atoms with Gasteiger partial charge in [0, 0.05) is 34.9 Å². The van der Waals surface area contributed by atoms with Crippen LogP contribution in [0.5, 0.6) is 0 Å². The van der Waals surface area contributed by atoms with Gasteiger partial charge >= 0.3 is 6.03 Å². The lowest BCUT2D eigenvalue weighted by atomic mass is 10.2. The zero-order chi connectivity index (χ0) is 21.8. The van der Waals surface area contributed by atoms with Crippen LogP contribution in [0.25, 0.3) is 10.9 Å². The Labute approximate surface area is 190 Å². The Hall–Kier alpha value is -3.28. The number of carbonyl (C=O) groups is 1. The number of amides is 2. The standard InChI is InChI=1S/C24H20Cl2N4O/c1-16-6-2-4-8-22(16)28-24(31)29-27-13-18-15-30(23-9-5-3-7-19(18)23)14-17-10-11-20(25)21(26)12-17/h2-13,15H,14H2,1H3,(H2,28,29,31). The molecule has 0 aliphatic carbocycles. The van der Waals surface area contributed by atoms with E-state index < -0.39 is 6.03 Å². The van der Waals surface area contributed by atoms with Crippen molar-refractivity contribution in [3.05, 3.63) is 99.7 Å². The smallest absolute Gasteiger partial charge is 0.339 e. The molecule has 0 atom stereocenters. The SMILES string of the molecule is Cc1ccccc1NC(=O)NN=Cc1cn(Cc2ccc(Cl)c(Cl)c2)c2ccccc12. The first-order chi connectivity index (χ1) is 15.0. The number of rotatable bonds is 5. The molecule has 2 N–H and O–H groups in total. The third-order valence-corrected chi connectivity index (χ3v) is 5.66. The zero-order valence-electron chi connectivity index (χ0n) is 16.8. The Morgan fingerprint density at radius 1 is 1.03 bits per heavy atom. The fraction of sp³-hybridized carbons (Fsp3) is 0.0833. The average Bonchev–Trinajstić information content (AvgIpc) is 3.10. The van der Waals surface area contributed by atoms with Crippen LogP contribution in [0, 0.1) is 6.92 Å². The van der Waals surface area contributed by atoms with E-state index in [1.165, 1.54) is 0 Å². The van der Waals surface area contributed by atoms with E-state index >= 15 is 0 Å². The molecule has 0 aliphatic heterocycles. The van der Waals surface area contributed by atoms with Crippen molar-refractivity contribution in [2.75, 3.05) is 5.32 Å². The molecule has 31 heavy (non-hydrogen) atoms. The molecule has 1 heterocycles. The van der Waals surface area contributed by atoms with Crippen molar-refractivity contribution < 1.29 is 4.79 Å². The lowest BCUT2D eigenvalue weighted by molar-refractivity contribution is 0.252. The Morgan fingerprint density at radius 2 is 1.81 bits per heavy atom. The van der Waals surface area contributed by atoms with Gasteiger partial charge in [-0.15, -0.1) is 0 Å². The van der Waals surface area contributed by atoms with Gasteiger partial charge < -0.3 is 9.88 Å². The van der Waals surface area contributed by atoms with E-state index in [2.05, 4.69) is 20.4 Å². The summed E-state index contributed by atoms with van der Waals surface area (Å²) in [5.74, 6) is 0. The second-order valence-corrected chi connectivity index (χ2v) is 7.93. The van der Waals surface area contributed by atoms with Crippen LogP contribution in [0.2, 0.25) is 10.0 Å². The van der Waals surface area contributed by atoms with Gasteiger partial charge in [0.1, 0.15) is 0 Å². The Balaban J connectivity index is 1.52. The van der Waals surface area contributed by atoms with E-state index in [0.29, 0.717) is 16.6 Å². The molecular weight excluding hydrogens is 431 g/mol. The van der Waals surface area contributed by atoms with E-state index in [1.54, 1.807) is 12.3 Å². The number of aromatic nitrogens is 1. The molecule has 0 bridgehead atoms. The van der Waals surface area contributed by atoms with Crippen LogP contribution in [0.15, 0.2) is 78.0 Å². The highest BCUT2D eigenvalue weighted by atomic mass is 35.5. The summed E-state index contributed by atoms with van der Waals surface area (Å²) in [4.78, 5) is 12.2. The first-order valence-electron chi connectivity index (χ1n) is 9.69. The normalized spacial score (nSPS) is 11.2. The summed E-state index contributed by atoms with van der Waals surface area (Å²) in [5.41, 5.74) is 7.23. The first-order valence-corrected chi connectivity index (χ1v) is 10.4. The van der Waals surface area contributed by atoms with Crippen LogP contribution in [-0.4, -0.2) is 16.8 Å². The van der Waals surface area contributed by atoms with Gasteiger partial charge in [0.25, 0.3) is 0 Å². The number of fused-ring (bicyclic) bond motifs is 1. The molecule has 1 aromatic heterocycles. The van der Waals surface area contributed by atoms with Gasteiger partial charge in [-0.1, -0.05) is 65.7 Å². The minimum Gasteiger partial charge on any atom is -0.342 e. The number of carbonyl (C=O) groups excluding carboxylic acids is 1. The average molecular weight is 451 g/mol. The maximum atomic E-state index is 12.2. The van der Waals surface area contributed by atoms with Crippen molar-refractivity contribution in [3.8, 4) is 0 Å². The monoisotopic (exact) mass is 450 g/mol. The third kappa shape index (κ3) is 4.90. The molecule has 7 heteroatoms. The van der Waals surface area contributed by atoms with E-state index in [4.69, 9.17) is 23.2 Å². The number of nitrogens with one attached hydrogen (secondary N) is 2. The molecule has 0 radical (unpaired) electrons. The predicted molar refractivity (Wildman–Crippen MR) is 128 cm³/mol. The zero-order valence-corrected chi connectivity index (χ0v) is 18.3. The summed E-state index contributed by atoms with van der Waals surface area (Å²) in [5, 5.41) is 9.01. The van der Waals surface area contributed by atoms with Crippen molar-refractivity contribution in [1.29, 1.82) is 0 Å². The van der Waals surface area contributed by atoms with E-state index in [0.717, 1.165) is 33.3 Å². The van der Waals surface area contributed by atoms with Gasteiger partial charge in [-0.25, -0.2) is 10.2 Å². The molecule has 0 spiro atoms. The van der Waals surface area contributed by atoms with E-state index in [1.807, 2.05) is 73.8 Å². The lowest BCUT2D eigenvalue weighted by Gasteiger charge is -2.07.